The second kappa shape index (κ2) is 2.67. The largest absolute Gasteiger partial charge is 0.343 e. The van der Waals surface area contributed by atoms with Crippen LogP contribution in [-0.4, -0.2) is 21.9 Å². The molecule has 1 aromatic heterocycles. The maximum Gasteiger partial charge on any atom is 0.205 e. The van der Waals surface area contributed by atoms with Gasteiger partial charge in [-0.2, -0.15) is 4.37 Å². The first-order valence-corrected chi connectivity index (χ1v) is 5.69. The van der Waals surface area contributed by atoms with Crippen molar-refractivity contribution in [3.63, 3.8) is 0 Å². The van der Waals surface area contributed by atoms with E-state index in [2.05, 4.69) is 14.3 Å². The van der Waals surface area contributed by atoms with Crippen LogP contribution in [0, 0.1) is 12.8 Å². The Morgan fingerprint density at radius 1 is 1.46 bits per heavy atom. The zero-order valence-corrected chi connectivity index (χ0v) is 8.55. The average Bonchev–Trinajstić information content (AvgIpc) is 2.61. The molecular weight excluding hydrogens is 182 g/mol. The lowest BCUT2D eigenvalue weighted by molar-refractivity contribution is 0.339. The molecule has 1 aliphatic heterocycles. The van der Waals surface area contributed by atoms with E-state index in [1.165, 1.54) is 25.8 Å². The summed E-state index contributed by atoms with van der Waals surface area (Å²) in [6.07, 6.45) is 4.20. The summed E-state index contributed by atoms with van der Waals surface area (Å²) in [4.78, 5) is 6.86. The third kappa shape index (κ3) is 1.08. The normalized spacial score (nSPS) is 31.6. The molecule has 1 aliphatic carbocycles. The number of aryl methyl sites for hydroxylation is 1. The van der Waals surface area contributed by atoms with Crippen molar-refractivity contribution in [1.29, 1.82) is 0 Å². The maximum atomic E-state index is 4.43. The van der Waals surface area contributed by atoms with Gasteiger partial charge in [-0.15, -0.1) is 0 Å². The van der Waals surface area contributed by atoms with Crippen molar-refractivity contribution in [2.45, 2.75) is 32.2 Å². The van der Waals surface area contributed by atoms with E-state index in [0.29, 0.717) is 0 Å². The Hall–Kier alpha value is -0.640. The monoisotopic (exact) mass is 195 g/mol. The molecule has 0 spiro atoms. The van der Waals surface area contributed by atoms with Gasteiger partial charge in [-0.3, -0.25) is 0 Å². The lowest BCUT2D eigenvalue weighted by Crippen LogP contribution is -2.53. The molecule has 0 amide bonds. The van der Waals surface area contributed by atoms with Crippen LogP contribution in [0.3, 0.4) is 0 Å². The number of hydrogen-bond acceptors (Lipinski definition) is 4. The highest BCUT2D eigenvalue weighted by Crippen LogP contribution is 2.41. The summed E-state index contributed by atoms with van der Waals surface area (Å²) in [6.45, 7) is 3.19. The lowest BCUT2D eigenvalue weighted by atomic mass is 9.93. The minimum absolute atomic E-state index is 0.798. The van der Waals surface area contributed by atoms with E-state index in [1.807, 2.05) is 6.92 Å². The molecule has 1 saturated carbocycles. The van der Waals surface area contributed by atoms with E-state index in [0.717, 1.165) is 22.9 Å². The summed E-state index contributed by atoms with van der Waals surface area (Å²) < 4.78 is 4.22. The summed E-state index contributed by atoms with van der Waals surface area (Å²) in [5.74, 6) is 1.88. The quantitative estimate of drug-likeness (QED) is 0.684. The van der Waals surface area contributed by atoms with Crippen LogP contribution in [0.5, 0.6) is 0 Å². The van der Waals surface area contributed by atoms with E-state index >= 15 is 0 Å². The lowest BCUT2D eigenvalue weighted by Gasteiger charge is -2.44. The second-order valence-electron chi connectivity index (χ2n) is 4.03. The van der Waals surface area contributed by atoms with Gasteiger partial charge in [-0.05, 0) is 25.7 Å². The Morgan fingerprint density at radius 2 is 2.38 bits per heavy atom. The van der Waals surface area contributed by atoms with Gasteiger partial charge in [0.2, 0.25) is 5.13 Å². The van der Waals surface area contributed by atoms with Crippen LogP contribution in [0.15, 0.2) is 0 Å². The molecule has 13 heavy (non-hydrogen) atoms. The number of aromatic nitrogens is 2. The maximum absolute atomic E-state index is 4.43. The molecule has 0 radical (unpaired) electrons. The molecular formula is C9H13N3S. The number of anilines is 1. The van der Waals surface area contributed by atoms with Gasteiger partial charge in [0.15, 0.2) is 0 Å². The molecule has 2 atom stereocenters. The Kier molecular flexibility index (Phi) is 1.59. The van der Waals surface area contributed by atoms with Crippen LogP contribution in [-0.2, 0) is 0 Å². The Bertz CT molecular complexity index is 322. The molecule has 0 N–H and O–H groups in total. The Morgan fingerprint density at radius 3 is 3.08 bits per heavy atom. The van der Waals surface area contributed by atoms with Crippen LogP contribution >= 0.6 is 11.5 Å². The molecule has 0 aromatic carbocycles. The van der Waals surface area contributed by atoms with Gasteiger partial charge in [0.25, 0.3) is 0 Å². The fraction of sp³-hybridized carbons (Fsp3) is 0.778. The third-order valence-electron chi connectivity index (χ3n) is 3.21. The van der Waals surface area contributed by atoms with Gasteiger partial charge in [0, 0.05) is 24.1 Å². The van der Waals surface area contributed by atoms with Gasteiger partial charge in [0.05, 0.1) is 0 Å². The van der Waals surface area contributed by atoms with Gasteiger partial charge < -0.3 is 4.90 Å². The van der Waals surface area contributed by atoms with Gasteiger partial charge >= 0.3 is 0 Å². The van der Waals surface area contributed by atoms with Crippen LogP contribution in [0.4, 0.5) is 5.13 Å². The van der Waals surface area contributed by atoms with Gasteiger partial charge in [-0.25, -0.2) is 4.98 Å². The molecule has 2 unspecified atom stereocenters. The molecule has 0 bridgehead atoms. The van der Waals surface area contributed by atoms with E-state index in [-0.39, 0.29) is 0 Å². The smallest absolute Gasteiger partial charge is 0.205 e. The molecule has 2 fully saturated rings. The minimum Gasteiger partial charge on any atom is -0.343 e. The first-order chi connectivity index (χ1) is 6.34. The van der Waals surface area contributed by atoms with Gasteiger partial charge in [-0.1, -0.05) is 6.42 Å². The summed E-state index contributed by atoms with van der Waals surface area (Å²) in [5, 5.41) is 1.14. The van der Waals surface area contributed by atoms with Crippen molar-refractivity contribution in [3.05, 3.63) is 5.82 Å². The molecule has 3 nitrogen and oxygen atoms in total. The van der Waals surface area contributed by atoms with Crippen LogP contribution < -0.4 is 4.90 Å². The fourth-order valence-corrected chi connectivity index (χ4v) is 3.26. The Labute approximate surface area is 82.0 Å². The number of nitrogens with zero attached hydrogens (tertiary/aromatic N) is 3. The first-order valence-electron chi connectivity index (χ1n) is 4.91. The second-order valence-corrected chi connectivity index (χ2v) is 4.77. The third-order valence-corrected chi connectivity index (χ3v) is 4.06. The minimum atomic E-state index is 0.798. The van der Waals surface area contributed by atoms with Crippen molar-refractivity contribution in [1.82, 2.24) is 9.36 Å². The zero-order chi connectivity index (χ0) is 8.84. The molecule has 2 aliphatic rings. The zero-order valence-electron chi connectivity index (χ0n) is 7.73. The van der Waals surface area contributed by atoms with Crippen molar-refractivity contribution >= 4 is 16.7 Å². The summed E-state index contributed by atoms with van der Waals surface area (Å²) in [5.41, 5.74) is 0. The first kappa shape index (κ1) is 7.74. The molecule has 3 rings (SSSR count). The number of hydrogen-bond donors (Lipinski definition) is 0. The van der Waals surface area contributed by atoms with Crippen molar-refractivity contribution < 1.29 is 0 Å². The fourth-order valence-electron chi connectivity index (χ4n) is 2.51. The molecule has 1 saturated heterocycles. The van der Waals surface area contributed by atoms with Crippen molar-refractivity contribution in [2.24, 2.45) is 5.92 Å². The highest BCUT2D eigenvalue weighted by molar-refractivity contribution is 7.09. The topological polar surface area (TPSA) is 29.0 Å². The van der Waals surface area contributed by atoms with Crippen LogP contribution in [0.2, 0.25) is 0 Å². The SMILES string of the molecule is Cc1nsc(N2CC3CCCC32)n1. The standard InChI is InChI=1S/C9H13N3S/c1-6-10-9(13-11-6)12-5-7-3-2-4-8(7)12/h7-8H,2-5H2,1H3. The predicted octanol–water partition coefficient (Wildman–Crippen LogP) is 1.84. The molecule has 70 valence electrons. The summed E-state index contributed by atoms with van der Waals surface area (Å²) >= 11 is 1.55. The Balaban J connectivity index is 1.80. The van der Waals surface area contributed by atoms with Crippen molar-refractivity contribution in [2.75, 3.05) is 11.4 Å². The molecule has 2 heterocycles. The van der Waals surface area contributed by atoms with E-state index in [1.54, 1.807) is 11.5 Å². The van der Waals surface area contributed by atoms with Crippen molar-refractivity contribution in [3.8, 4) is 0 Å². The molecule has 4 heteroatoms. The van der Waals surface area contributed by atoms with Crippen LogP contribution in [0.25, 0.3) is 0 Å². The van der Waals surface area contributed by atoms with E-state index in [4.69, 9.17) is 0 Å². The highest BCUT2D eigenvalue weighted by atomic mass is 32.1. The van der Waals surface area contributed by atoms with E-state index in [9.17, 15) is 0 Å². The predicted molar refractivity (Wildman–Crippen MR) is 53.1 cm³/mol. The molecule has 1 aromatic rings. The van der Waals surface area contributed by atoms with E-state index < -0.39 is 0 Å². The number of fused-ring (bicyclic) bond motifs is 1. The van der Waals surface area contributed by atoms with Gasteiger partial charge in [0.1, 0.15) is 5.82 Å². The van der Waals surface area contributed by atoms with Crippen LogP contribution in [0.1, 0.15) is 25.1 Å². The highest BCUT2D eigenvalue weighted by Gasteiger charge is 2.43. The number of rotatable bonds is 1. The average molecular weight is 195 g/mol. The summed E-state index contributed by atoms with van der Waals surface area (Å²) in [7, 11) is 0. The summed E-state index contributed by atoms with van der Waals surface area (Å²) in [6, 6.07) is 0.798.